The molecule has 3 atom stereocenters. The van der Waals surface area contributed by atoms with Crippen LogP contribution in [0.4, 0.5) is 0 Å². The summed E-state index contributed by atoms with van der Waals surface area (Å²) in [4.78, 5) is 14.5. The number of fused-ring (bicyclic) bond motifs is 3. The molecule has 2 fully saturated rings. The smallest absolute Gasteiger partial charge is 0.154 e. The van der Waals surface area contributed by atoms with Crippen molar-refractivity contribution < 1.29 is 14.6 Å². The van der Waals surface area contributed by atoms with Gasteiger partial charge in [-0.25, -0.2) is 0 Å². The van der Waals surface area contributed by atoms with E-state index in [1.54, 1.807) is 0 Å². The van der Waals surface area contributed by atoms with E-state index >= 15 is 0 Å². The molecule has 0 spiro atoms. The molecule has 2 saturated heterocycles. The van der Waals surface area contributed by atoms with Crippen LogP contribution >= 0.6 is 0 Å². The number of aromatic nitrogens is 1. The number of hydrogen-bond donors (Lipinski definition) is 3. The second-order valence-electron chi connectivity index (χ2n) is 9.00. The van der Waals surface area contributed by atoms with Crippen molar-refractivity contribution in [1.82, 2.24) is 20.1 Å². The van der Waals surface area contributed by atoms with Crippen molar-refractivity contribution in [2.45, 2.75) is 50.0 Å². The van der Waals surface area contributed by atoms with Gasteiger partial charge in [-0.15, -0.1) is 0 Å². The number of carbonyl (C=O) groups excluding carboxylic acids is 1. The van der Waals surface area contributed by atoms with Crippen LogP contribution in [0.2, 0.25) is 0 Å². The third kappa shape index (κ3) is 4.55. The molecule has 7 heteroatoms. The van der Waals surface area contributed by atoms with Crippen LogP contribution in [0.25, 0.3) is 0 Å². The summed E-state index contributed by atoms with van der Waals surface area (Å²) < 4.78 is 8.03. The quantitative estimate of drug-likeness (QED) is 0.654. The largest absolute Gasteiger partial charge is 0.489 e. The average molecular weight is 425 g/mol. The first kappa shape index (κ1) is 20.7. The van der Waals surface area contributed by atoms with Gasteiger partial charge in [0.05, 0.1) is 0 Å². The maximum Gasteiger partial charge on any atom is 0.154 e. The zero-order valence-electron chi connectivity index (χ0n) is 17.9. The fourth-order valence-electron chi connectivity index (χ4n) is 5.19. The lowest BCUT2D eigenvalue weighted by Crippen LogP contribution is -2.56. The highest BCUT2D eigenvalue weighted by molar-refractivity contribution is 5.85. The fourth-order valence-corrected chi connectivity index (χ4v) is 5.19. The van der Waals surface area contributed by atoms with E-state index in [0.717, 1.165) is 37.4 Å². The second kappa shape index (κ2) is 9.12. The molecule has 3 aliphatic heterocycles. The Kier molecular flexibility index (Phi) is 6.09. The summed E-state index contributed by atoms with van der Waals surface area (Å²) >= 11 is 0. The number of hydrogen-bond acceptors (Lipinski definition) is 6. The number of Topliss-reactive ketones (excluding diaryl/α,β-unsaturated/α-hetero) is 1. The molecule has 31 heavy (non-hydrogen) atoms. The van der Waals surface area contributed by atoms with Gasteiger partial charge in [0.2, 0.25) is 0 Å². The normalized spacial score (nSPS) is 25.6. The SMILES string of the molecule is O=C1CCNC2C1NCc1cc(OCC(O)CN3CCC(c4ccccc4)CC3)cn12. The molecule has 3 N–H and O–H groups in total. The highest BCUT2D eigenvalue weighted by atomic mass is 16.5. The first-order valence-electron chi connectivity index (χ1n) is 11.5. The zero-order chi connectivity index (χ0) is 21.2. The summed E-state index contributed by atoms with van der Waals surface area (Å²) in [5, 5.41) is 17.3. The van der Waals surface area contributed by atoms with Crippen LogP contribution in [0.15, 0.2) is 42.6 Å². The standard InChI is InChI=1S/C24H32N4O3/c29-20(14-27-10-7-18(8-11-27)17-4-2-1-3-5-17)16-31-21-12-19-13-26-23-22(30)6-9-25-24(23)28(19)15-21/h1-5,12,15,18,20,23-26,29H,6-11,13-14,16H2. The molecular formula is C24H32N4O3. The van der Waals surface area contributed by atoms with Gasteiger partial charge in [0, 0.05) is 44.0 Å². The molecular weight excluding hydrogens is 392 g/mol. The molecule has 0 saturated carbocycles. The number of ketones is 1. The van der Waals surface area contributed by atoms with E-state index < -0.39 is 6.10 Å². The van der Waals surface area contributed by atoms with E-state index in [4.69, 9.17) is 4.74 Å². The highest BCUT2D eigenvalue weighted by Gasteiger charge is 2.36. The number of nitrogens with zero attached hydrogens (tertiary/aromatic N) is 2. The van der Waals surface area contributed by atoms with Gasteiger partial charge in [0.15, 0.2) is 5.78 Å². The Hall–Kier alpha value is -2.19. The van der Waals surface area contributed by atoms with E-state index in [0.29, 0.717) is 32.0 Å². The summed E-state index contributed by atoms with van der Waals surface area (Å²) in [7, 11) is 0. The van der Waals surface area contributed by atoms with Gasteiger partial charge in [0.1, 0.15) is 30.7 Å². The maximum atomic E-state index is 12.2. The number of carbonyl (C=O) groups is 1. The highest BCUT2D eigenvalue weighted by Crippen LogP contribution is 2.29. The Morgan fingerprint density at radius 1 is 1.16 bits per heavy atom. The fraction of sp³-hybridized carbons (Fsp3) is 0.542. The van der Waals surface area contributed by atoms with Gasteiger partial charge in [-0.1, -0.05) is 30.3 Å². The molecule has 3 unspecified atom stereocenters. The number of nitrogens with one attached hydrogen (secondary N) is 2. The molecule has 1 aromatic heterocycles. The van der Waals surface area contributed by atoms with Crippen molar-refractivity contribution in [1.29, 1.82) is 0 Å². The lowest BCUT2D eigenvalue weighted by atomic mass is 9.89. The molecule has 1 aromatic carbocycles. The van der Waals surface area contributed by atoms with Crippen molar-refractivity contribution in [3.63, 3.8) is 0 Å². The number of likely N-dealkylation sites (tertiary alicyclic amines) is 1. The Balaban J connectivity index is 1.10. The molecule has 4 heterocycles. The number of ether oxygens (including phenoxy) is 1. The van der Waals surface area contributed by atoms with Gasteiger partial charge in [-0.2, -0.15) is 0 Å². The Morgan fingerprint density at radius 2 is 1.97 bits per heavy atom. The van der Waals surface area contributed by atoms with Crippen LogP contribution in [-0.2, 0) is 11.3 Å². The Morgan fingerprint density at radius 3 is 2.77 bits per heavy atom. The van der Waals surface area contributed by atoms with Crippen LogP contribution in [0.5, 0.6) is 5.75 Å². The number of benzene rings is 1. The zero-order valence-corrected chi connectivity index (χ0v) is 17.9. The maximum absolute atomic E-state index is 12.2. The minimum Gasteiger partial charge on any atom is -0.489 e. The summed E-state index contributed by atoms with van der Waals surface area (Å²) in [6.45, 7) is 4.27. The molecule has 0 bridgehead atoms. The van der Waals surface area contributed by atoms with Crippen LogP contribution in [0, 0.1) is 0 Å². The Labute approximate surface area is 183 Å². The molecule has 5 rings (SSSR count). The van der Waals surface area contributed by atoms with Crippen LogP contribution in [0.1, 0.15) is 42.6 Å². The van der Waals surface area contributed by atoms with Gasteiger partial charge < -0.3 is 19.3 Å². The second-order valence-corrected chi connectivity index (χ2v) is 9.00. The van der Waals surface area contributed by atoms with Crippen molar-refractivity contribution in [2.24, 2.45) is 0 Å². The van der Waals surface area contributed by atoms with Crippen molar-refractivity contribution in [2.75, 3.05) is 32.8 Å². The lowest BCUT2D eigenvalue weighted by molar-refractivity contribution is -0.124. The van der Waals surface area contributed by atoms with E-state index in [-0.39, 0.29) is 24.6 Å². The minimum absolute atomic E-state index is 0.0572. The van der Waals surface area contributed by atoms with Crippen molar-refractivity contribution in [3.8, 4) is 5.75 Å². The topological polar surface area (TPSA) is 78.8 Å². The first-order valence-corrected chi connectivity index (χ1v) is 11.5. The van der Waals surface area contributed by atoms with Gasteiger partial charge in [-0.3, -0.25) is 15.4 Å². The monoisotopic (exact) mass is 424 g/mol. The third-order valence-electron chi connectivity index (χ3n) is 6.87. The molecule has 0 radical (unpaired) electrons. The summed E-state index contributed by atoms with van der Waals surface area (Å²) in [5.41, 5.74) is 2.52. The first-order chi connectivity index (χ1) is 15.2. The van der Waals surface area contributed by atoms with Crippen molar-refractivity contribution in [3.05, 3.63) is 53.9 Å². The number of rotatable bonds is 6. The molecule has 0 aliphatic carbocycles. The summed E-state index contributed by atoms with van der Waals surface area (Å²) in [5.74, 6) is 1.63. The van der Waals surface area contributed by atoms with Crippen LogP contribution < -0.4 is 15.4 Å². The predicted molar refractivity (Wildman–Crippen MR) is 118 cm³/mol. The molecule has 7 nitrogen and oxygen atoms in total. The molecule has 2 aromatic rings. The van der Waals surface area contributed by atoms with Gasteiger partial charge in [-0.05, 0) is 37.4 Å². The van der Waals surface area contributed by atoms with Crippen molar-refractivity contribution >= 4 is 5.78 Å². The number of piperidine rings is 2. The van der Waals surface area contributed by atoms with E-state index in [2.05, 4.69) is 50.4 Å². The number of β-amino-alcohol motifs (C(OH)–C–C–N with tert-alkyl or cyclic N) is 1. The van der Waals surface area contributed by atoms with Crippen LogP contribution in [-0.4, -0.2) is 65.3 Å². The molecule has 166 valence electrons. The summed E-state index contributed by atoms with van der Waals surface area (Å²) in [6, 6.07) is 12.6. The Bertz CT molecular complexity index is 891. The molecule has 3 aliphatic rings. The predicted octanol–water partition coefficient (Wildman–Crippen LogP) is 1.64. The van der Waals surface area contributed by atoms with E-state index in [1.165, 1.54) is 5.56 Å². The lowest BCUT2D eigenvalue weighted by Gasteiger charge is -2.37. The minimum atomic E-state index is -0.523. The number of aliphatic hydroxyl groups is 1. The van der Waals surface area contributed by atoms with Gasteiger partial charge in [0.25, 0.3) is 0 Å². The third-order valence-corrected chi connectivity index (χ3v) is 6.87. The average Bonchev–Trinajstić information content (AvgIpc) is 3.23. The van der Waals surface area contributed by atoms with E-state index in [9.17, 15) is 9.90 Å². The van der Waals surface area contributed by atoms with E-state index in [1.807, 2.05) is 12.3 Å². The van der Waals surface area contributed by atoms with Crippen LogP contribution in [0.3, 0.4) is 0 Å². The number of aliphatic hydroxyl groups excluding tert-OH is 1. The van der Waals surface area contributed by atoms with Gasteiger partial charge >= 0.3 is 0 Å². The molecule has 0 amide bonds. The summed E-state index contributed by atoms with van der Waals surface area (Å²) in [6.07, 6.45) is 4.21.